The highest BCUT2D eigenvalue weighted by Gasteiger charge is 2.17. The first-order valence-corrected chi connectivity index (χ1v) is 10.4. The van der Waals surface area contributed by atoms with Gasteiger partial charge in [0, 0.05) is 24.3 Å². The molecule has 7 nitrogen and oxygen atoms in total. The van der Waals surface area contributed by atoms with Gasteiger partial charge in [-0.2, -0.15) is 0 Å². The van der Waals surface area contributed by atoms with E-state index in [2.05, 4.69) is 10.6 Å². The van der Waals surface area contributed by atoms with Crippen LogP contribution in [0.5, 0.6) is 11.5 Å². The number of rotatable bonds is 7. The first-order valence-electron chi connectivity index (χ1n) is 10.4. The van der Waals surface area contributed by atoms with Gasteiger partial charge in [-0.1, -0.05) is 36.4 Å². The molecule has 0 radical (unpaired) electrons. The van der Waals surface area contributed by atoms with Gasteiger partial charge < -0.3 is 25.8 Å². The predicted octanol–water partition coefficient (Wildman–Crippen LogP) is 3.55. The molecule has 0 aromatic heterocycles. The van der Waals surface area contributed by atoms with E-state index >= 15 is 0 Å². The summed E-state index contributed by atoms with van der Waals surface area (Å²) in [7, 11) is 0. The fraction of sp³-hybridized carbons (Fsp3) is 0.200. The molecule has 2 amide bonds. The summed E-state index contributed by atoms with van der Waals surface area (Å²) in [6.07, 6.45) is 0. The van der Waals surface area contributed by atoms with E-state index in [0.29, 0.717) is 35.8 Å². The van der Waals surface area contributed by atoms with Gasteiger partial charge in [0.25, 0.3) is 5.91 Å². The van der Waals surface area contributed by atoms with Crippen molar-refractivity contribution in [2.75, 3.05) is 12.1 Å². The van der Waals surface area contributed by atoms with Crippen molar-refractivity contribution in [3.8, 4) is 11.5 Å². The Bertz CT molecular complexity index is 1110. The van der Waals surface area contributed by atoms with Gasteiger partial charge in [-0.3, -0.25) is 9.59 Å². The highest BCUT2D eigenvalue weighted by atomic mass is 16.7. The molecule has 3 aromatic rings. The summed E-state index contributed by atoms with van der Waals surface area (Å²) in [5.74, 6) is 0.554. The van der Waals surface area contributed by atoms with Crippen LogP contribution in [0.4, 0.5) is 5.69 Å². The lowest BCUT2D eigenvalue weighted by Crippen LogP contribution is -2.27. The van der Waals surface area contributed by atoms with E-state index in [1.54, 1.807) is 30.3 Å². The SMILES string of the molecule is CC(C(=O)NCc1ccc(CN)cc1)c1ccc(NC(=O)c2ccc3c(c2)OCO3)cc1. The van der Waals surface area contributed by atoms with Crippen LogP contribution in [0.15, 0.2) is 66.7 Å². The van der Waals surface area contributed by atoms with E-state index in [1.165, 1.54) is 0 Å². The number of nitrogens with two attached hydrogens (primary N) is 1. The summed E-state index contributed by atoms with van der Waals surface area (Å²) >= 11 is 0. The molecular weight excluding hydrogens is 406 g/mol. The molecule has 4 N–H and O–H groups in total. The summed E-state index contributed by atoms with van der Waals surface area (Å²) in [4.78, 5) is 25.1. The lowest BCUT2D eigenvalue weighted by molar-refractivity contribution is -0.122. The Kier molecular flexibility index (Phi) is 6.37. The van der Waals surface area contributed by atoms with Crippen LogP contribution in [0, 0.1) is 0 Å². The quantitative estimate of drug-likeness (QED) is 0.531. The zero-order valence-corrected chi connectivity index (χ0v) is 17.8. The van der Waals surface area contributed by atoms with Crippen molar-refractivity contribution in [1.82, 2.24) is 5.32 Å². The second-order valence-electron chi connectivity index (χ2n) is 7.60. The minimum absolute atomic E-state index is 0.0648. The molecule has 164 valence electrons. The molecule has 0 bridgehead atoms. The molecule has 0 fully saturated rings. The van der Waals surface area contributed by atoms with Crippen molar-refractivity contribution in [3.63, 3.8) is 0 Å². The minimum Gasteiger partial charge on any atom is -0.454 e. The summed E-state index contributed by atoms with van der Waals surface area (Å²) in [6, 6.07) is 20.2. The van der Waals surface area contributed by atoms with Crippen LogP contribution >= 0.6 is 0 Å². The van der Waals surface area contributed by atoms with Crippen molar-refractivity contribution in [2.24, 2.45) is 5.73 Å². The molecule has 0 saturated heterocycles. The third kappa shape index (κ3) is 4.90. The van der Waals surface area contributed by atoms with Crippen molar-refractivity contribution in [3.05, 3.63) is 89.0 Å². The largest absolute Gasteiger partial charge is 0.454 e. The average Bonchev–Trinajstić information content (AvgIpc) is 3.31. The molecular formula is C25H25N3O4. The molecule has 1 unspecified atom stereocenters. The Morgan fingerprint density at radius 3 is 2.34 bits per heavy atom. The number of fused-ring (bicyclic) bond motifs is 1. The number of nitrogens with one attached hydrogen (secondary N) is 2. The van der Waals surface area contributed by atoms with Crippen molar-refractivity contribution in [1.29, 1.82) is 0 Å². The molecule has 0 saturated carbocycles. The molecule has 0 spiro atoms. The monoisotopic (exact) mass is 431 g/mol. The molecule has 1 aliphatic heterocycles. The lowest BCUT2D eigenvalue weighted by Gasteiger charge is -2.14. The van der Waals surface area contributed by atoms with Crippen molar-refractivity contribution in [2.45, 2.75) is 25.9 Å². The van der Waals surface area contributed by atoms with Gasteiger partial charge in [-0.25, -0.2) is 0 Å². The zero-order chi connectivity index (χ0) is 22.5. The molecule has 4 rings (SSSR count). The summed E-state index contributed by atoms with van der Waals surface area (Å²) in [5.41, 5.74) is 9.67. The summed E-state index contributed by atoms with van der Waals surface area (Å²) in [5, 5.41) is 5.82. The van der Waals surface area contributed by atoms with E-state index in [9.17, 15) is 9.59 Å². The van der Waals surface area contributed by atoms with E-state index in [-0.39, 0.29) is 24.5 Å². The first kappa shape index (κ1) is 21.4. The maximum atomic E-state index is 12.6. The summed E-state index contributed by atoms with van der Waals surface area (Å²) < 4.78 is 10.6. The van der Waals surface area contributed by atoms with Gasteiger partial charge in [-0.15, -0.1) is 0 Å². The minimum atomic E-state index is -0.322. The maximum absolute atomic E-state index is 12.6. The Morgan fingerprint density at radius 1 is 0.938 bits per heavy atom. The van der Waals surface area contributed by atoms with E-state index in [1.807, 2.05) is 43.3 Å². The third-order valence-electron chi connectivity index (χ3n) is 5.42. The Hall–Kier alpha value is -3.84. The molecule has 7 heteroatoms. The van der Waals surface area contributed by atoms with E-state index in [0.717, 1.165) is 16.7 Å². The van der Waals surface area contributed by atoms with Gasteiger partial charge in [-0.05, 0) is 53.9 Å². The van der Waals surface area contributed by atoms with Gasteiger partial charge in [0.05, 0.1) is 5.92 Å². The molecule has 32 heavy (non-hydrogen) atoms. The Morgan fingerprint density at radius 2 is 1.62 bits per heavy atom. The highest BCUT2D eigenvalue weighted by molar-refractivity contribution is 6.04. The lowest BCUT2D eigenvalue weighted by atomic mass is 10.00. The number of anilines is 1. The Balaban J connectivity index is 1.32. The third-order valence-corrected chi connectivity index (χ3v) is 5.42. The molecule has 1 atom stereocenters. The van der Waals surface area contributed by atoms with Crippen LogP contribution in [0.3, 0.4) is 0 Å². The van der Waals surface area contributed by atoms with Gasteiger partial charge in [0.15, 0.2) is 11.5 Å². The van der Waals surface area contributed by atoms with Crippen LogP contribution in [-0.4, -0.2) is 18.6 Å². The molecule has 3 aromatic carbocycles. The van der Waals surface area contributed by atoms with Gasteiger partial charge >= 0.3 is 0 Å². The molecule has 0 aliphatic carbocycles. The van der Waals surface area contributed by atoms with Crippen LogP contribution in [0.1, 0.15) is 39.9 Å². The van der Waals surface area contributed by atoms with Crippen LogP contribution in [0.25, 0.3) is 0 Å². The molecule has 1 heterocycles. The zero-order valence-electron chi connectivity index (χ0n) is 17.8. The number of carbonyl (C=O) groups excluding carboxylic acids is 2. The fourth-order valence-corrected chi connectivity index (χ4v) is 3.38. The van der Waals surface area contributed by atoms with Crippen molar-refractivity contribution >= 4 is 17.5 Å². The fourth-order valence-electron chi connectivity index (χ4n) is 3.38. The first-order chi connectivity index (χ1) is 15.5. The standard InChI is InChI=1S/C25H25N3O4/c1-16(24(29)27-14-18-4-2-17(13-26)3-5-18)19-6-9-21(10-7-19)28-25(30)20-8-11-22-23(12-20)32-15-31-22/h2-12,16H,13-15,26H2,1H3,(H,27,29)(H,28,30). The number of ether oxygens (including phenoxy) is 2. The number of amides is 2. The van der Waals surface area contributed by atoms with E-state index < -0.39 is 0 Å². The van der Waals surface area contributed by atoms with Gasteiger partial charge in [0.1, 0.15) is 0 Å². The number of benzene rings is 3. The second kappa shape index (κ2) is 9.53. The molecule has 1 aliphatic rings. The topological polar surface area (TPSA) is 103 Å². The number of hydrogen-bond donors (Lipinski definition) is 3. The number of hydrogen-bond acceptors (Lipinski definition) is 5. The van der Waals surface area contributed by atoms with Crippen molar-refractivity contribution < 1.29 is 19.1 Å². The number of carbonyl (C=O) groups is 2. The highest BCUT2D eigenvalue weighted by Crippen LogP contribution is 2.32. The van der Waals surface area contributed by atoms with Gasteiger partial charge in [0.2, 0.25) is 12.7 Å². The second-order valence-corrected chi connectivity index (χ2v) is 7.60. The Labute approximate surface area is 186 Å². The van der Waals surface area contributed by atoms with Crippen LogP contribution in [0.2, 0.25) is 0 Å². The summed E-state index contributed by atoms with van der Waals surface area (Å²) in [6.45, 7) is 2.97. The predicted molar refractivity (Wildman–Crippen MR) is 122 cm³/mol. The van der Waals surface area contributed by atoms with Crippen LogP contribution < -0.4 is 25.8 Å². The van der Waals surface area contributed by atoms with Crippen LogP contribution in [-0.2, 0) is 17.9 Å². The smallest absolute Gasteiger partial charge is 0.255 e. The normalized spacial score (nSPS) is 12.8. The average molecular weight is 431 g/mol. The van der Waals surface area contributed by atoms with E-state index in [4.69, 9.17) is 15.2 Å². The maximum Gasteiger partial charge on any atom is 0.255 e.